The van der Waals surface area contributed by atoms with Gasteiger partial charge in [0.05, 0.1) is 23.6 Å². The molecule has 19 heteroatoms. The second kappa shape index (κ2) is 16.4. The van der Waals surface area contributed by atoms with Crippen LogP contribution in [0.3, 0.4) is 0 Å². The van der Waals surface area contributed by atoms with Crippen molar-refractivity contribution in [1.82, 2.24) is 30.2 Å². The summed E-state index contributed by atoms with van der Waals surface area (Å²) in [6.07, 6.45) is -5.38. The zero-order chi connectivity index (χ0) is 35.4. The molecule has 6 heterocycles. The average Bonchev–Trinajstić information content (AvgIpc) is 3.60. The molecule has 0 aliphatic carbocycles. The lowest BCUT2D eigenvalue weighted by molar-refractivity contribution is -0.127. The molecule has 50 heavy (non-hydrogen) atoms. The number of carbonyl (C=O) groups is 1. The minimum Gasteiger partial charge on any atom is -0.474 e. The molecule has 2 aliphatic rings. The number of piperidine rings is 2. The number of nitrogens with zero attached hydrogens (tertiary/aromatic N) is 5. The number of aromatic nitrogens is 4. The van der Waals surface area contributed by atoms with Gasteiger partial charge in [-0.05, 0) is 58.8 Å². The first kappa shape index (κ1) is 39.6. The summed E-state index contributed by atoms with van der Waals surface area (Å²) in [6.45, 7) is 8.16. The molecular formula is C31H37ClF6N6O4S2. The second-order valence-corrected chi connectivity index (χ2v) is 14.9. The Bertz CT molecular complexity index is 1720. The van der Waals surface area contributed by atoms with E-state index in [0.717, 1.165) is 48.6 Å². The monoisotopic (exact) mass is 770 g/mol. The molecule has 2 saturated heterocycles. The van der Waals surface area contributed by atoms with Crippen LogP contribution in [-0.4, -0.2) is 87.3 Å². The fraction of sp³-hybridized carbons (Fsp3) is 0.581. The molecule has 276 valence electrons. The maximum atomic E-state index is 12.6. The number of ether oxygens (including phenoxy) is 3. The maximum Gasteiger partial charge on any atom is 0.410 e. The molecule has 6 rings (SSSR count). The molecule has 10 nitrogen and oxygen atoms in total. The molecule has 4 aromatic rings. The quantitative estimate of drug-likeness (QED) is 0.196. The lowest BCUT2D eigenvalue weighted by Crippen LogP contribution is -2.44. The number of halogens is 7. The number of rotatable bonds is 6. The van der Waals surface area contributed by atoms with Crippen LogP contribution in [0.1, 0.15) is 56.2 Å². The van der Waals surface area contributed by atoms with Gasteiger partial charge in [0.2, 0.25) is 11.8 Å². The van der Waals surface area contributed by atoms with Gasteiger partial charge in [0.1, 0.15) is 40.1 Å². The van der Waals surface area contributed by atoms with Crippen LogP contribution in [0.2, 0.25) is 0 Å². The zero-order valence-corrected chi connectivity index (χ0v) is 29.8. The highest BCUT2D eigenvalue weighted by molar-refractivity contribution is 7.19. The van der Waals surface area contributed by atoms with Gasteiger partial charge in [-0.2, -0.15) is 26.3 Å². The third-order valence-electron chi connectivity index (χ3n) is 7.37. The first-order valence-corrected chi connectivity index (χ1v) is 17.3. The smallest absolute Gasteiger partial charge is 0.410 e. The van der Waals surface area contributed by atoms with E-state index in [-0.39, 0.29) is 46.3 Å². The first-order chi connectivity index (χ1) is 23.0. The molecule has 0 spiro atoms. The van der Waals surface area contributed by atoms with Crippen molar-refractivity contribution < 1.29 is 45.3 Å². The Kier molecular flexibility index (Phi) is 13.0. The summed E-state index contributed by atoms with van der Waals surface area (Å²) in [5, 5.41) is 4.29. The Morgan fingerprint density at radius 2 is 1.22 bits per heavy atom. The molecule has 0 aromatic carbocycles. The van der Waals surface area contributed by atoms with Gasteiger partial charge in [0.15, 0.2) is 0 Å². The van der Waals surface area contributed by atoms with E-state index >= 15 is 0 Å². The van der Waals surface area contributed by atoms with Crippen LogP contribution in [0, 0.1) is 0 Å². The molecule has 1 N–H and O–H groups in total. The van der Waals surface area contributed by atoms with E-state index in [1.165, 1.54) is 24.8 Å². The Balaban J connectivity index is 0.000000229. The Morgan fingerprint density at radius 3 is 1.64 bits per heavy atom. The summed E-state index contributed by atoms with van der Waals surface area (Å²) < 4.78 is 92.5. The number of carbonyl (C=O) groups excluding carboxylic acids is 1. The van der Waals surface area contributed by atoms with Crippen molar-refractivity contribution >= 4 is 61.6 Å². The van der Waals surface area contributed by atoms with Crippen molar-refractivity contribution in [3.05, 3.63) is 34.5 Å². The van der Waals surface area contributed by atoms with Gasteiger partial charge >= 0.3 is 18.4 Å². The summed E-state index contributed by atoms with van der Waals surface area (Å²) >= 11 is 2.03. The number of fused-ring (bicyclic) bond motifs is 2. The van der Waals surface area contributed by atoms with Gasteiger partial charge in [-0.1, -0.05) is 0 Å². The van der Waals surface area contributed by atoms with Crippen molar-refractivity contribution in [1.29, 1.82) is 0 Å². The summed E-state index contributed by atoms with van der Waals surface area (Å²) in [5.74, 6) is 0.668. The van der Waals surface area contributed by atoms with Crippen LogP contribution < -0.4 is 14.8 Å². The largest absolute Gasteiger partial charge is 0.474 e. The maximum absolute atomic E-state index is 12.6. The Labute approximate surface area is 298 Å². The van der Waals surface area contributed by atoms with Crippen molar-refractivity contribution in [2.24, 2.45) is 0 Å². The highest BCUT2D eigenvalue weighted by Crippen LogP contribution is 2.35. The number of hydrogen-bond donors (Lipinski definition) is 1. The average molecular weight is 771 g/mol. The van der Waals surface area contributed by atoms with Gasteiger partial charge in [-0.3, -0.25) is 0 Å². The van der Waals surface area contributed by atoms with Gasteiger partial charge in [-0.15, -0.1) is 35.1 Å². The van der Waals surface area contributed by atoms with Crippen molar-refractivity contribution in [2.75, 3.05) is 26.2 Å². The van der Waals surface area contributed by atoms with Gasteiger partial charge in [-0.25, -0.2) is 24.7 Å². The molecule has 2 aliphatic heterocycles. The first-order valence-electron chi connectivity index (χ1n) is 15.6. The standard InChI is InChI=1S/C18H22F3N3O3S.C13H14F3N3OS.ClH/c1-17(2,3)27-16(25)24-6-4-11(5-7-24)26-14-13-8-12(9-18(19,20)21)28-15(13)23-10-22-14;14-13(15,16)6-9-5-10-11(18-7-19-12(10)21-9)20-8-1-3-17-4-2-8;/h8,10-11H,4-7,9H2,1-3H3;5,7-8,17H,1-4,6H2;1H. The Morgan fingerprint density at radius 1 is 0.780 bits per heavy atom. The van der Waals surface area contributed by atoms with E-state index in [4.69, 9.17) is 14.2 Å². The van der Waals surface area contributed by atoms with E-state index < -0.39 is 30.8 Å². The molecule has 4 aromatic heterocycles. The van der Waals surface area contributed by atoms with E-state index in [1.807, 2.05) is 20.8 Å². The van der Waals surface area contributed by atoms with Crippen LogP contribution in [-0.2, 0) is 17.6 Å². The predicted octanol–water partition coefficient (Wildman–Crippen LogP) is 7.92. The normalized spacial score (nSPS) is 16.5. The molecule has 0 unspecified atom stereocenters. The van der Waals surface area contributed by atoms with Crippen LogP contribution in [0.25, 0.3) is 20.4 Å². The molecule has 0 atom stereocenters. The fourth-order valence-electron chi connectivity index (χ4n) is 5.24. The summed E-state index contributed by atoms with van der Waals surface area (Å²) in [4.78, 5) is 31.4. The van der Waals surface area contributed by atoms with Crippen molar-refractivity contribution in [3.63, 3.8) is 0 Å². The third-order valence-corrected chi connectivity index (χ3v) is 9.46. The highest BCUT2D eigenvalue weighted by atomic mass is 35.5. The predicted molar refractivity (Wildman–Crippen MR) is 180 cm³/mol. The van der Waals surface area contributed by atoms with Gasteiger partial charge < -0.3 is 24.4 Å². The molecule has 0 saturated carbocycles. The van der Waals surface area contributed by atoms with Gasteiger partial charge in [0, 0.05) is 35.7 Å². The number of amides is 1. The molecular weight excluding hydrogens is 734 g/mol. The topological polar surface area (TPSA) is 112 Å². The number of likely N-dealkylation sites (tertiary alicyclic amines) is 1. The van der Waals surface area contributed by atoms with E-state index in [0.29, 0.717) is 52.2 Å². The minimum atomic E-state index is -4.27. The summed E-state index contributed by atoms with van der Waals surface area (Å²) in [7, 11) is 0. The van der Waals surface area contributed by atoms with Crippen LogP contribution in [0.5, 0.6) is 11.8 Å². The Hall–Kier alpha value is -3.22. The number of hydrogen-bond acceptors (Lipinski definition) is 11. The van der Waals surface area contributed by atoms with Crippen molar-refractivity contribution in [2.45, 2.75) is 89.5 Å². The summed E-state index contributed by atoms with van der Waals surface area (Å²) in [5.41, 5.74) is -0.552. The van der Waals surface area contributed by atoms with E-state index in [2.05, 4.69) is 25.3 Å². The second-order valence-electron chi connectivity index (χ2n) is 12.7. The van der Waals surface area contributed by atoms with Crippen LogP contribution >= 0.6 is 35.1 Å². The van der Waals surface area contributed by atoms with Crippen LogP contribution in [0.15, 0.2) is 24.8 Å². The lowest BCUT2D eigenvalue weighted by atomic mass is 10.1. The molecule has 2 fully saturated rings. The number of nitrogens with one attached hydrogen (secondary N) is 1. The summed E-state index contributed by atoms with van der Waals surface area (Å²) in [6, 6.07) is 2.93. The number of thiophene rings is 2. The van der Waals surface area contributed by atoms with E-state index in [1.54, 1.807) is 4.90 Å². The van der Waals surface area contributed by atoms with Crippen LogP contribution in [0.4, 0.5) is 31.1 Å². The third kappa shape index (κ3) is 11.7. The van der Waals surface area contributed by atoms with E-state index in [9.17, 15) is 31.1 Å². The zero-order valence-electron chi connectivity index (χ0n) is 27.4. The molecule has 0 radical (unpaired) electrons. The van der Waals surface area contributed by atoms with Crippen molar-refractivity contribution in [3.8, 4) is 11.8 Å². The molecule has 1 amide bonds. The lowest BCUT2D eigenvalue weighted by Gasteiger charge is -2.33. The molecule has 0 bridgehead atoms. The van der Waals surface area contributed by atoms with Gasteiger partial charge in [0.25, 0.3) is 0 Å². The highest BCUT2D eigenvalue weighted by Gasteiger charge is 2.31. The number of alkyl halides is 6. The SMILES string of the molecule is CC(C)(C)OC(=O)N1CCC(Oc2ncnc3sc(CC(F)(F)F)cc23)CC1.Cl.FC(F)(F)Cc1cc2c(OC3CCNCC3)ncnc2s1. The fourth-order valence-corrected chi connectivity index (χ4v) is 7.27. The minimum absolute atomic E-state index is 0.